The number of anilines is 2. The van der Waals surface area contributed by atoms with Crippen LogP contribution in [0.3, 0.4) is 0 Å². The normalized spacial score (nSPS) is 11.2. The fourth-order valence-electron chi connectivity index (χ4n) is 3.38. The molecule has 3 heterocycles. The quantitative estimate of drug-likeness (QED) is 0.483. The summed E-state index contributed by atoms with van der Waals surface area (Å²) in [6.45, 7) is 0.0685. The molecule has 8 nitrogen and oxygen atoms in total. The molecular formula is C20H18Cl2N6O2. The summed E-state index contributed by atoms with van der Waals surface area (Å²) in [6.07, 6.45) is 3.35. The summed E-state index contributed by atoms with van der Waals surface area (Å²) in [6, 6.07) is 8.68. The zero-order chi connectivity index (χ0) is 21.6. The molecule has 0 aliphatic rings. The van der Waals surface area contributed by atoms with E-state index in [2.05, 4.69) is 9.97 Å². The number of aromatic nitrogens is 5. The molecule has 0 unspecified atom stereocenters. The van der Waals surface area contributed by atoms with E-state index in [0.717, 1.165) is 5.69 Å². The molecule has 30 heavy (non-hydrogen) atoms. The average molecular weight is 445 g/mol. The lowest BCUT2D eigenvalue weighted by molar-refractivity contribution is 0.655. The van der Waals surface area contributed by atoms with E-state index < -0.39 is 11.2 Å². The van der Waals surface area contributed by atoms with Crippen LogP contribution in [-0.4, -0.2) is 30.7 Å². The van der Waals surface area contributed by atoms with Gasteiger partial charge in [-0.1, -0.05) is 29.3 Å². The summed E-state index contributed by atoms with van der Waals surface area (Å²) in [7, 11) is 5.18. The number of aryl methyl sites for hydroxylation is 2. The van der Waals surface area contributed by atoms with Gasteiger partial charge in [-0.3, -0.25) is 18.9 Å². The molecule has 0 saturated heterocycles. The molecule has 154 valence electrons. The lowest BCUT2D eigenvalue weighted by atomic mass is 10.2. The van der Waals surface area contributed by atoms with Crippen LogP contribution in [0.5, 0.6) is 0 Å². The fraction of sp³-hybridized carbons (Fsp3) is 0.200. The number of fused-ring (bicyclic) bond motifs is 1. The van der Waals surface area contributed by atoms with Crippen LogP contribution in [0.1, 0.15) is 5.56 Å². The van der Waals surface area contributed by atoms with Crippen molar-refractivity contribution in [2.75, 3.05) is 11.9 Å². The van der Waals surface area contributed by atoms with Crippen LogP contribution in [-0.2, 0) is 20.6 Å². The SMILES string of the molecule is CN(c1ccncc1)c1nc2c(c(=O)n(Cc3ccc(Cl)c(Cl)c3)c(=O)n2C)n1C. The van der Waals surface area contributed by atoms with Crippen molar-refractivity contribution in [3.8, 4) is 0 Å². The largest absolute Gasteiger partial charge is 0.332 e. The highest BCUT2D eigenvalue weighted by Gasteiger charge is 2.21. The van der Waals surface area contributed by atoms with Crippen LogP contribution >= 0.6 is 23.2 Å². The van der Waals surface area contributed by atoms with Crippen LogP contribution in [0, 0.1) is 0 Å². The predicted octanol–water partition coefficient (Wildman–Crippen LogP) is 2.95. The molecule has 0 aliphatic carbocycles. The standard InChI is InChI=1S/C20H18Cl2N6O2/c1-25(13-6-8-23-9-7-13)19-24-17-16(26(19)2)18(29)28(20(30)27(17)3)11-12-4-5-14(21)15(22)10-12/h4-10H,11H2,1-3H3. The Balaban J connectivity index is 1.88. The van der Waals surface area contributed by atoms with E-state index in [1.165, 1.54) is 9.13 Å². The van der Waals surface area contributed by atoms with Gasteiger partial charge in [-0.15, -0.1) is 0 Å². The average Bonchev–Trinajstić information content (AvgIpc) is 3.09. The molecule has 10 heteroatoms. The number of pyridine rings is 1. The van der Waals surface area contributed by atoms with E-state index in [1.807, 2.05) is 24.1 Å². The van der Waals surface area contributed by atoms with Gasteiger partial charge in [0.05, 0.1) is 16.6 Å². The summed E-state index contributed by atoms with van der Waals surface area (Å²) in [4.78, 5) is 36.6. The van der Waals surface area contributed by atoms with Gasteiger partial charge in [0.2, 0.25) is 5.95 Å². The minimum Gasteiger partial charge on any atom is -0.315 e. The van der Waals surface area contributed by atoms with Crippen molar-refractivity contribution in [3.63, 3.8) is 0 Å². The maximum absolute atomic E-state index is 13.3. The van der Waals surface area contributed by atoms with Crippen LogP contribution in [0.15, 0.2) is 52.3 Å². The Morgan fingerprint density at radius 1 is 1.00 bits per heavy atom. The van der Waals surface area contributed by atoms with Crippen molar-refractivity contribution >= 4 is 46.0 Å². The maximum atomic E-state index is 13.3. The summed E-state index contributed by atoms with van der Waals surface area (Å²) >= 11 is 12.0. The van der Waals surface area contributed by atoms with Crippen molar-refractivity contribution < 1.29 is 0 Å². The number of hydrogen-bond donors (Lipinski definition) is 0. The third kappa shape index (κ3) is 3.28. The Hall–Kier alpha value is -3.10. The van der Waals surface area contributed by atoms with E-state index in [1.54, 1.807) is 49.3 Å². The molecule has 4 rings (SSSR count). The van der Waals surface area contributed by atoms with Gasteiger partial charge >= 0.3 is 5.69 Å². The van der Waals surface area contributed by atoms with Crippen molar-refractivity contribution in [1.82, 2.24) is 23.7 Å². The van der Waals surface area contributed by atoms with Gasteiger partial charge < -0.3 is 9.47 Å². The Bertz CT molecular complexity index is 1370. The minimum absolute atomic E-state index is 0.0685. The molecule has 0 saturated carbocycles. The Morgan fingerprint density at radius 3 is 2.37 bits per heavy atom. The topological polar surface area (TPSA) is 78.0 Å². The van der Waals surface area contributed by atoms with Crippen LogP contribution in [0.2, 0.25) is 10.0 Å². The van der Waals surface area contributed by atoms with E-state index in [0.29, 0.717) is 32.7 Å². The van der Waals surface area contributed by atoms with Gasteiger partial charge in [0.1, 0.15) is 0 Å². The molecule has 0 N–H and O–H groups in total. The summed E-state index contributed by atoms with van der Waals surface area (Å²) in [5, 5.41) is 0.772. The lowest BCUT2D eigenvalue weighted by Crippen LogP contribution is -2.39. The number of benzene rings is 1. The van der Waals surface area contributed by atoms with Gasteiger partial charge in [-0.05, 0) is 29.8 Å². The van der Waals surface area contributed by atoms with Crippen LogP contribution in [0.4, 0.5) is 11.6 Å². The fourth-order valence-corrected chi connectivity index (χ4v) is 3.70. The second-order valence-corrected chi connectivity index (χ2v) is 7.70. The van der Waals surface area contributed by atoms with Crippen molar-refractivity contribution in [2.24, 2.45) is 14.1 Å². The molecule has 3 aromatic heterocycles. The first kappa shape index (κ1) is 20.2. The first-order chi connectivity index (χ1) is 14.3. The molecule has 4 aromatic rings. The Labute approximate surface area is 181 Å². The van der Waals surface area contributed by atoms with E-state index in [-0.39, 0.29) is 6.54 Å². The number of rotatable bonds is 4. The first-order valence-corrected chi connectivity index (χ1v) is 9.79. The van der Waals surface area contributed by atoms with Crippen LogP contribution < -0.4 is 16.1 Å². The molecule has 1 aromatic carbocycles. The van der Waals surface area contributed by atoms with Crippen LogP contribution in [0.25, 0.3) is 11.2 Å². The smallest absolute Gasteiger partial charge is 0.315 e. The van der Waals surface area contributed by atoms with Crippen molar-refractivity contribution in [3.05, 3.63) is 79.2 Å². The third-order valence-electron chi connectivity index (χ3n) is 5.01. The number of imidazole rings is 1. The molecule has 0 fully saturated rings. The molecule has 0 aliphatic heterocycles. The van der Waals surface area contributed by atoms with E-state index in [4.69, 9.17) is 23.2 Å². The van der Waals surface area contributed by atoms with Gasteiger partial charge in [-0.2, -0.15) is 4.98 Å². The highest BCUT2D eigenvalue weighted by Crippen LogP contribution is 2.25. The third-order valence-corrected chi connectivity index (χ3v) is 5.75. The monoisotopic (exact) mass is 444 g/mol. The van der Waals surface area contributed by atoms with E-state index >= 15 is 0 Å². The van der Waals surface area contributed by atoms with E-state index in [9.17, 15) is 9.59 Å². The number of halogens is 2. The second-order valence-electron chi connectivity index (χ2n) is 6.89. The van der Waals surface area contributed by atoms with Crippen molar-refractivity contribution in [2.45, 2.75) is 6.54 Å². The highest BCUT2D eigenvalue weighted by atomic mass is 35.5. The zero-order valence-corrected chi connectivity index (χ0v) is 18.0. The summed E-state index contributed by atoms with van der Waals surface area (Å²) < 4.78 is 4.22. The van der Waals surface area contributed by atoms with Gasteiger partial charge in [0.15, 0.2) is 11.2 Å². The molecule has 0 amide bonds. The minimum atomic E-state index is -0.463. The predicted molar refractivity (Wildman–Crippen MR) is 118 cm³/mol. The molecule has 0 bridgehead atoms. The Morgan fingerprint density at radius 2 is 1.70 bits per heavy atom. The summed E-state index contributed by atoms with van der Waals surface area (Å²) in [5.41, 5.74) is 1.30. The zero-order valence-electron chi connectivity index (χ0n) is 16.5. The van der Waals surface area contributed by atoms with Gasteiger partial charge in [-0.25, -0.2) is 4.79 Å². The molecule has 0 atom stereocenters. The van der Waals surface area contributed by atoms with Gasteiger partial charge in [0.25, 0.3) is 5.56 Å². The first-order valence-electron chi connectivity index (χ1n) is 9.03. The lowest BCUT2D eigenvalue weighted by Gasteiger charge is -2.17. The highest BCUT2D eigenvalue weighted by molar-refractivity contribution is 6.42. The van der Waals surface area contributed by atoms with Crippen molar-refractivity contribution in [1.29, 1.82) is 0 Å². The number of hydrogen-bond acceptors (Lipinski definition) is 5. The Kier molecular flexibility index (Phi) is 5.13. The molecule has 0 spiro atoms. The number of nitrogens with zero attached hydrogens (tertiary/aromatic N) is 6. The second kappa shape index (κ2) is 7.62. The van der Waals surface area contributed by atoms with Gasteiger partial charge in [0, 0.05) is 39.2 Å². The molecule has 0 radical (unpaired) electrons. The summed E-state index contributed by atoms with van der Waals surface area (Å²) in [5.74, 6) is 0.524. The molecular weight excluding hydrogens is 427 g/mol. The maximum Gasteiger partial charge on any atom is 0.332 e.